The monoisotopic (exact) mass is 454 g/mol. The molecule has 0 unspecified atom stereocenters. The lowest BCUT2D eigenvalue weighted by Gasteiger charge is -2.32. The van der Waals surface area contributed by atoms with Crippen LogP contribution in [0.15, 0.2) is 12.3 Å². The summed E-state index contributed by atoms with van der Waals surface area (Å²) in [6.07, 6.45) is 10.8. The third-order valence-electron chi connectivity index (χ3n) is 7.60. The van der Waals surface area contributed by atoms with Gasteiger partial charge in [0.05, 0.1) is 28.4 Å². The van der Waals surface area contributed by atoms with Gasteiger partial charge in [-0.1, -0.05) is 0 Å². The topological polar surface area (TPSA) is 127 Å². The number of aromatic nitrogens is 3. The number of rotatable bonds is 5. The van der Waals surface area contributed by atoms with Gasteiger partial charge in [-0.3, -0.25) is 15.1 Å². The number of hydrogen-bond donors (Lipinski definition) is 4. The molecular formula is C24H34N6O3. The number of nitrogens with zero attached hydrogens (tertiary/aromatic N) is 3. The summed E-state index contributed by atoms with van der Waals surface area (Å²) in [7, 11) is 0. The number of fused-ring (bicyclic) bond motifs is 1. The minimum atomic E-state index is -0.685. The number of anilines is 1. The molecule has 33 heavy (non-hydrogen) atoms. The Bertz CT molecular complexity index is 1080. The van der Waals surface area contributed by atoms with E-state index in [1.165, 1.54) is 0 Å². The molecule has 9 nitrogen and oxygen atoms in total. The maximum atomic E-state index is 11.4. The van der Waals surface area contributed by atoms with Crippen molar-refractivity contribution in [2.45, 2.75) is 89.4 Å². The van der Waals surface area contributed by atoms with Crippen LogP contribution >= 0.6 is 0 Å². The Hall–Kier alpha value is -2.65. The van der Waals surface area contributed by atoms with Crippen molar-refractivity contribution in [1.82, 2.24) is 20.2 Å². The maximum absolute atomic E-state index is 11.4. The van der Waals surface area contributed by atoms with Crippen LogP contribution in [0.25, 0.3) is 16.7 Å². The third kappa shape index (κ3) is 4.08. The Morgan fingerprint density at radius 2 is 2.03 bits per heavy atom. The van der Waals surface area contributed by atoms with E-state index in [9.17, 15) is 9.90 Å². The number of carbonyl (C=O) groups is 1. The molecule has 2 fully saturated rings. The van der Waals surface area contributed by atoms with Gasteiger partial charge in [0.2, 0.25) is 0 Å². The first-order chi connectivity index (χ1) is 15.9. The van der Waals surface area contributed by atoms with Gasteiger partial charge in [-0.15, -0.1) is 0 Å². The Balaban J connectivity index is 1.51. The molecule has 3 aliphatic rings. The van der Waals surface area contributed by atoms with E-state index in [-0.39, 0.29) is 23.6 Å². The van der Waals surface area contributed by atoms with E-state index in [1.807, 2.05) is 17.8 Å². The van der Waals surface area contributed by atoms with Crippen molar-refractivity contribution < 1.29 is 14.7 Å². The number of aliphatic carboxylic acids is 1. The van der Waals surface area contributed by atoms with E-state index >= 15 is 0 Å². The van der Waals surface area contributed by atoms with Gasteiger partial charge in [0.1, 0.15) is 5.60 Å². The summed E-state index contributed by atoms with van der Waals surface area (Å²) in [6.45, 7) is 4.82. The number of hydroxylamine groups is 1. The molecule has 3 heterocycles. The molecule has 1 spiro atoms. The maximum Gasteiger partial charge on any atom is 0.306 e. The molecule has 0 radical (unpaired) electrons. The summed E-state index contributed by atoms with van der Waals surface area (Å²) in [4.78, 5) is 22.3. The number of carboxylic acid groups (broad SMARTS) is 1. The molecule has 5 rings (SSSR count). The highest BCUT2D eigenvalue weighted by Crippen LogP contribution is 2.41. The Morgan fingerprint density at radius 3 is 2.70 bits per heavy atom. The molecule has 2 aliphatic carbocycles. The summed E-state index contributed by atoms with van der Waals surface area (Å²) in [6, 6.07) is 0.453. The summed E-state index contributed by atoms with van der Waals surface area (Å²) in [5, 5.41) is 18.9. The predicted octanol–water partition coefficient (Wildman–Crippen LogP) is 3.33. The fraction of sp³-hybridized carbons (Fsp3) is 0.625. The third-order valence-corrected chi connectivity index (χ3v) is 7.60. The van der Waals surface area contributed by atoms with Crippen LogP contribution in [0.4, 0.5) is 5.69 Å². The molecule has 0 aromatic carbocycles. The van der Waals surface area contributed by atoms with Crippen molar-refractivity contribution in [2.75, 3.05) is 5.32 Å². The lowest BCUT2D eigenvalue weighted by Crippen LogP contribution is -2.39. The standard InChI is InChI=1S/C24H34N6O3/c1-3-30-22-20(14(2)28-30)21(27-17-6-4-15(5-7-17)23(31)32)18(13-26-22)19-12-24(33-29-19)10-8-16(25)9-11-24/h12-13,15-17,29H,3-11,25H2,1-2H3,(H,26,27)(H,31,32). The van der Waals surface area contributed by atoms with E-state index in [1.54, 1.807) is 0 Å². The highest BCUT2D eigenvalue weighted by molar-refractivity contribution is 5.97. The van der Waals surface area contributed by atoms with Crippen LogP contribution in [-0.2, 0) is 16.2 Å². The molecular weight excluding hydrogens is 420 g/mol. The summed E-state index contributed by atoms with van der Waals surface area (Å²) < 4.78 is 1.93. The average Bonchev–Trinajstić information content (AvgIpc) is 3.38. The van der Waals surface area contributed by atoms with Crippen molar-refractivity contribution >= 4 is 28.4 Å². The quantitative estimate of drug-likeness (QED) is 0.542. The molecule has 1 aliphatic heterocycles. The van der Waals surface area contributed by atoms with Gasteiger partial charge in [0, 0.05) is 30.4 Å². The van der Waals surface area contributed by atoms with Crippen LogP contribution in [0.5, 0.6) is 0 Å². The normalized spacial score (nSPS) is 29.8. The van der Waals surface area contributed by atoms with Crippen LogP contribution in [0.1, 0.15) is 69.5 Å². The van der Waals surface area contributed by atoms with E-state index < -0.39 is 5.97 Å². The zero-order chi connectivity index (χ0) is 23.2. The van der Waals surface area contributed by atoms with Crippen molar-refractivity contribution in [1.29, 1.82) is 0 Å². The number of nitrogens with two attached hydrogens (primary N) is 1. The number of aryl methyl sites for hydroxylation is 2. The van der Waals surface area contributed by atoms with Gasteiger partial charge in [-0.2, -0.15) is 5.10 Å². The van der Waals surface area contributed by atoms with Gasteiger partial charge in [-0.05, 0) is 71.3 Å². The summed E-state index contributed by atoms with van der Waals surface area (Å²) in [5.74, 6) is -0.926. The molecule has 0 amide bonds. The van der Waals surface area contributed by atoms with Crippen molar-refractivity contribution in [3.05, 3.63) is 23.5 Å². The van der Waals surface area contributed by atoms with Crippen molar-refractivity contribution in [3.63, 3.8) is 0 Å². The minimum Gasteiger partial charge on any atom is -0.481 e. The first kappa shape index (κ1) is 22.2. The highest BCUT2D eigenvalue weighted by atomic mass is 16.7. The summed E-state index contributed by atoms with van der Waals surface area (Å²) >= 11 is 0. The fourth-order valence-electron chi connectivity index (χ4n) is 5.57. The summed E-state index contributed by atoms with van der Waals surface area (Å²) in [5.41, 5.74) is 13.7. The molecule has 0 bridgehead atoms. The highest BCUT2D eigenvalue weighted by Gasteiger charge is 2.39. The van der Waals surface area contributed by atoms with Gasteiger partial charge in [0.15, 0.2) is 5.65 Å². The van der Waals surface area contributed by atoms with E-state index in [0.717, 1.165) is 78.7 Å². The van der Waals surface area contributed by atoms with E-state index in [0.29, 0.717) is 12.8 Å². The number of pyridine rings is 1. The lowest BCUT2D eigenvalue weighted by molar-refractivity contribution is -0.142. The molecule has 2 aromatic rings. The average molecular weight is 455 g/mol. The predicted molar refractivity (Wildman–Crippen MR) is 126 cm³/mol. The van der Waals surface area contributed by atoms with Crippen molar-refractivity contribution in [2.24, 2.45) is 11.7 Å². The lowest BCUT2D eigenvalue weighted by atomic mass is 9.82. The zero-order valence-electron chi connectivity index (χ0n) is 19.4. The largest absolute Gasteiger partial charge is 0.481 e. The molecule has 178 valence electrons. The van der Waals surface area contributed by atoms with Crippen LogP contribution in [0.3, 0.4) is 0 Å². The van der Waals surface area contributed by atoms with E-state index in [4.69, 9.17) is 20.7 Å². The second-order valence-corrected chi connectivity index (χ2v) is 9.84. The molecule has 9 heteroatoms. The van der Waals surface area contributed by atoms with Crippen LogP contribution in [0.2, 0.25) is 0 Å². The smallest absolute Gasteiger partial charge is 0.306 e. The number of hydrogen-bond acceptors (Lipinski definition) is 7. The van der Waals surface area contributed by atoms with Gasteiger partial charge < -0.3 is 16.2 Å². The zero-order valence-corrected chi connectivity index (χ0v) is 19.4. The Kier molecular flexibility index (Phi) is 5.78. The SMILES string of the molecule is CCn1nc(C)c2c(NC3CCC(C(=O)O)CC3)c(C3=CC4(CCC(N)CC4)ON3)cnc21. The van der Waals surface area contributed by atoms with Gasteiger partial charge >= 0.3 is 5.97 Å². The molecule has 0 atom stereocenters. The van der Waals surface area contributed by atoms with Gasteiger partial charge in [0.25, 0.3) is 0 Å². The molecule has 2 aromatic heterocycles. The second kappa shape index (κ2) is 8.61. The number of carboxylic acids is 1. The van der Waals surface area contributed by atoms with Crippen LogP contribution in [-0.4, -0.2) is 43.5 Å². The first-order valence-electron chi connectivity index (χ1n) is 12.2. The second-order valence-electron chi connectivity index (χ2n) is 9.84. The first-order valence-corrected chi connectivity index (χ1v) is 12.2. The Labute approximate surface area is 193 Å². The molecule has 0 saturated heterocycles. The minimum absolute atomic E-state index is 0.207. The number of nitrogens with one attached hydrogen (secondary N) is 2. The fourth-order valence-corrected chi connectivity index (χ4v) is 5.57. The van der Waals surface area contributed by atoms with Crippen molar-refractivity contribution in [3.8, 4) is 0 Å². The molecule has 2 saturated carbocycles. The van der Waals surface area contributed by atoms with E-state index in [2.05, 4.69) is 23.8 Å². The van der Waals surface area contributed by atoms with Crippen LogP contribution < -0.4 is 16.5 Å². The Morgan fingerprint density at radius 1 is 1.30 bits per heavy atom. The van der Waals surface area contributed by atoms with Crippen LogP contribution in [0, 0.1) is 12.8 Å². The van der Waals surface area contributed by atoms with Gasteiger partial charge in [-0.25, -0.2) is 9.67 Å². The molecule has 5 N–H and O–H groups in total.